The van der Waals surface area contributed by atoms with E-state index in [4.69, 9.17) is 4.43 Å². The normalized spacial score (nSPS) is 15.2. The summed E-state index contributed by atoms with van der Waals surface area (Å²) < 4.78 is 7.61. The van der Waals surface area contributed by atoms with Gasteiger partial charge >= 0.3 is 0 Å². The number of unbranched alkanes of at least 4 members (excludes halogenated alkanes) is 2. The van der Waals surface area contributed by atoms with Crippen molar-refractivity contribution in [1.82, 2.24) is 0 Å². The van der Waals surface area contributed by atoms with Gasteiger partial charge in [-0.25, -0.2) is 0 Å². The lowest BCUT2D eigenvalue weighted by atomic mass is 10.1. The van der Waals surface area contributed by atoms with Gasteiger partial charge < -0.3 is 4.43 Å². The molecule has 0 aliphatic carbocycles. The first-order valence-corrected chi connectivity index (χ1v) is 10.9. The van der Waals surface area contributed by atoms with E-state index in [1.165, 1.54) is 30.1 Å². The third kappa shape index (κ3) is 6.60. The summed E-state index contributed by atoms with van der Waals surface area (Å²) in [5, 5.41) is 0.337. The van der Waals surface area contributed by atoms with Crippen LogP contribution >= 0.6 is 22.6 Å². The molecule has 16 heavy (non-hydrogen) atoms. The zero-order valence-corrected chi connectivity index (χ0v) is 15.1. The first-order chi connectivity index (χ1) is 7.20. The van der Waals surface area contributed by atoms with Crippen LogP contribution in [0.1, 0.15) is 53.4 Å². The summed E-state index contributed by atoms with van der Waals surface area (Å²) >= 11 is 2.45. The van der Waals surface area contributed by atoms with Gasteiger partial charge in [0.15, 0.2) is 8.32 Å². The number of alkyl halides is 1. The third-order valence-electron chi connectivity index (χ3n) is 3.55. The monoisotopic (exact) mass is 356 g/mol. The maximum Gasteiger partial charge on any atom is 0.192 e. The molecule has 3 heteroatoms. The van der Waals surface area contributed by atoms with E-state index >= 15 is 0 Å². The molecular formula is C13H29IOSi. The predicted octanol–water partition coefficient (Wildman–Crippen LogP) is 5.39. The lowest BCUT2D eigenvalue weighted by Gasteiger charge is -2.38. The Morgan fingerprint density at radius 2 is 1.69 bits per heavy atom. The maximum atomic E-state index is 6.32. The lowest BCUT2D eigenvalue weighted by Crippen LogP contribution is -2.43. The molecule has 0 saturated carbocycles. The van der Waals surface area contributed by atoms with E-state index in [2.05, 4.69) is 63.4 Å². The van der Waals surface area contributed by atoms with Crippen LogP contribution in [0.5, 0.6) is 0 Å². The Balaban J connectivity index is 3.90. The van der Waals surface area contributed by atoms with Crippen molar-refractivity contribution < 1.29 is 4.43 Å². The van der Waals surface area contributed by atoms with Crippen LogP contribution in [0.2, 0.25) is 18.1 Å². The summed E-state index contributed by atoms with van der Waals surface area (Å²) in [7, 11) is -1.54. The van der Waals surface area contributed by atoms with E-state index in [0.29, 0.717) is 11.1 Å². The molecule has 0 fully saturated rings. The first kappa shape index (κ1) is 16.9. The van der Waals surface area contributed by atoms with Crippen molar-refractivity contribution in [1.29, 1.82) is 0 Å². The van der Waals surface area contributed by atoms with E-state index in [1.54, 1.807) is 0 Å². The van der Waals surface area contributed by atoms with Gasteiger partial charge in [0.05, 0.1) is 0 Å². The molecule has 0 amide bonds. The Hall–Kier alpha value is 0.907. The van der Waals surface area contributed by atoms with Gasteiger partial charge in [0.25, 0.3) is 0 Å². The van der Waals surface area contributed by atoms with Crippen molar-refractivity contribution in [3.63, 3.8) is 0 Å². The van der Waals surface area contributed by atoms with Crippen molar-refractivity contribution in [3.8, 4) is 0 Å². The van der Waals surface area contributed by atoms with Crippen molar-refractivity contribution in [2.24, 2.45) is 0 Å². The van der Waals surface area contributed by atoms with E-state index in [0.717, 1.165) is 0 Å². The van der Waals surface area contributed by atoms with Crippen molar-refractivity contribution >= 4 is 30.9 Å². The molecule has 0 aliphatic heterocycles. The Kier molecular flexibility index (Phi) is 7.78. The summed E-state index contributed by atoms with van der Waals surface area (Å²) in [5.41, 5.74) is 0. The molecule has 0 rings (SSSR count). The SMILES string of the molecule is CC(CCCCCI)O[Si](C)(C)C(C)(C)C. The summed E-state index contributed by atoms with van der Waals surface area (Å²) in [6.07, 6.45) is 5.69. The van der Waals surface area contributed by atoms with Crippen molar-refractivity contribution in [2.75, 3.05) is 4.43 Å². The standard InChI is InChI=1S/C13H29IOSi/c1-12(10-8-7-9-11-14)15-16(5,6)13(2,3)4/h12H,7-11H2,1-6H3. The molecule has 0 radical (unpaired) electrons. The topological polar surface area (TPSA) is 9.23 Å². The molecule has 0 aromatic rings. The summed E-state index contributed by atoms with van der Waals surface area (Å²) in [5.74, 6) is 0. The molecule has 0 heterocycles. The van der Waals surface area contributed by atoms with Gasteiger partial charge in [0.1, 0.15) is 0 Å². The number of hydrogen-bond donors (Lipinski definition) is 0. The van der Waals surface area contributed by atoms with Crippen LogP contribution < -0.4 is 0 Å². The van der Waals surface area contributed by atoms with E-state index in [9.17, 15) is 0 Å². The number of hydrogen-bond acceptors (Lipinski definition) is 1. The fourth-order valence-electron chi connectivity index (χ4n) is 1.44. The fourth-order valence-corrected chi connectivity index (χ4v) is 3.46. The zero-order chi connectivity index (χ0) is 12.8. The molecule has 0 N–H and O–H groups in total. The minimum atomic E-state index is -1.54. The van der Waals surface area contributed by atoms with Gasteiger partial charge in [-0.05, 0) is 42.3 Å². The van der Waals surface area contributed by atoms with Crippen LogP contribution in [0.15, 0.2) is 0 Å². The third-order valence-corrected chi connectivity index (χ3v) is 8.91. The molecule has 0 aromatic carbocycles. The smallest absolute Gasteiger partial charge is 0.192 e. The Bertz CT molecular complexity index is 187. The maximum absolute atomic E-state index is 6.32. The van der Waals surface area contributed by atoms with Crippen LogP contribution in [-0.2, 0) is 4.43 Å². The van der Waals surface area contributed by atoms with E-state index in [-0.39, 0.29) is 0 Å². The molecule has 1 unspecified atom stereocenters. The van der Waals surface area contributed by atoms with Crippen LogP contribution in [0, 0.1) is 0 Å². The van der Waals surface area contributed by atoms with Gasteiger partial charge in [-0.2, -0.15) is 0 Å². The highest BCUT2D eigenvalue weighted by Gasteiger charge is 2.38. The van der Waals surface area contributed by atoms with Crippen LogP contribution in [0.3, 0.4) is 0 Å². The molecule has 0 aliphatic rings. The van der Waals surface area contributed by atoms with E-state index < -0.39 is 8.32 Å². The lowest BCUT2D eigenvalue weighted by molar-refractivity contribution is 0.185. The quantitative estimate of drug-likeness (QED) is 0.257. The second-order valence-electron chi connectivity index (χ2n) is 6.23. The van der Waals surface area contributed by atoms with Crippen molar-refractivity contribution in [3.05, 3.63) is 0 Å². The van der Waals surface area contributed by atoms with E-state index in [1.807, 2.05) is 0 Å². The second kappa shape index (κ2) is 7.37. The Morgan fingerprint density at radius 3 is 2.12 bits per heavy atom. The summed E-state index contributed by atoms with van der Waals surface area (Å²) in [6, 6.07) is 0. The molecule has 1 nitrogen and oxygen atoms in total. The Morgan fingerprint density at radius 1 is 1.12 bits per heavy atom. The van der Waals surface area contributed by atoms with Crippen LogP contribution in [-0.4, -0.2) is 18.8 Å². The van der Waals surface area contributed by atoms with Gasteiger partial charge in [0, 0.05) is 6.10 Å². The van der Waals surface area contributed by atoms with Gasteiger partial charge in [0.2, 0.25) is 0 Å². The number of rotatable bonds is 7. The minimum absolute atomic E-state index is 0.337. The highest BCUT2D eigenvalue weighted by atomic mass is 127. The molecular weight excluding hydrogens is 327 g/mol. The minimum Gasteiger partial charge on any atom is -0.414 e. The second-order valence-corrected chi connectivity index (χ2v) is 12.1. The molecule has 98 valence electrons. The molecule has 0 saturated heterocycles. The van der Waals surface area contributed by atoms with Crippen LogP contribution in [0.25, 0.3) is 0 Å². The molecule has 0 aromatic heterocycles. The van der Waals surface area contributed by atoms with Crippen LogP contribution in [0.4, 0.5) is 0 Å². The largest absolute Gasteiger partial charge is 0.414 e. The zero-order valence-electron chi connectivity index (χ0n) is 11.9. The predicted molar refractivity (Wildman–Crippen MR) is 85.1 cm³/mol. The molecule has 1 atom stereocenters. The average molecular weight is 356 g/mol. The van der Waals surface area contributed by atoms with Gasteiger partial charge in [-0.1, -0.05) is 56.2 Å². The molecule has 0 bridgehead atoms. The summed E-state index contributed by atoms with van der Waals surface area (Å²) in [6.45, 7) is 13.8. The highest BCUT2D eigenvalue weighted by Crippen LogP contribution is 2.37. The highest BCUT2D eigenvalue weighted by molar-refractivity contribution is 14.1. The fraction of sp³-hybridized carbons (Fsp3) is 1.00. The average Bonchev–Trinajstić information content (AvgIpc) is 2.10. The summed E-state index contributed by atoms with van der Waals surface area (Å²) in [4.78, 5) is 0. The molecule has 0 spiro atoms. The Labute approximate surface area is 117 Å². The van der Waals surface area contributed by atoms with Gasteiger partial charge in [-0.3, -0.25) is 0 Å². The van der Waals surface area contributed by atoms with Crippen molar-refractivity contribution in [2.45, 2.75) is 77.6 Å². The van der Waals surface area contributed by atoms with Gasteiger partial charge in [-0.15, -0.1) is 0 Å². The number of halogens is 1. The first-order valence-electron chi connectivity index (χ1n) is 6.44.